The Morgan fingerprint density at radius 3 is 2.69 bits per heavy atom. The van der Waals surface area contributed by atoms with Crippen LogP contribution in [0.2, 0.25) is 0 Å². The molecule has 0 aliphatic carbocycles. The number of carbonyl (C=O) groups is 2. The van der Waals surface area contributed by atoms with Gasteiger partial charge in [0.05, 0.1) is 16.9 Å². The molecule has 3 rings (SSSR count). The molecule has 0 unspecified atom stereocenters. The van der Waals surface area contributed by atoms with Gasteiger partial charge in [-0.25, -0.2) is 4.39 Å². The quantitative estimate of drug-likeness (QED) is 0.472. The van der Waals surface area contributed by atoms with Crippen LogP contribution in [-0.2, 0) is 4.79 Å². The molecule has 0 aromatic carbocycles. The third-order valence-corrected chi connectivity index (χ3v) is 4.84. The zero-order valence-electron chi connectivity index (χ0n) is 18.3. The molecule has 0 atom stereocenters. The lowest BCUT2D eigenvalue weighted by molar-refractivity contribution is -0.118. The maximum Gasteiger partial charge on any atom is 0.255 e. The fourth-order valence-electron chi connectivity index (χ4n) is 3.32. The van der Waals surface area contributed by atoms with Gasteiger partial charge in [0.15, 0.2) is 0 Å². The summed E-state index contributed by atoms with van der Waals surface area (Å²) in [7, 11) is 0. The van der Waals surface area contributed by atoms with Gasteiger partial charge in [0, 0.05) is 56.4 Å². The van der Waals surface area contributed by atoms with Crippen molar-refractivity contribution in [1.29, 1.82) is 0 Å². The second kappa shape index (κ2) is 10.5. The van der Waals surface area contributed by atoms with Gasteiger partial charge in [0.2, 0.25) is 5.91 Å². The molecule has 1 aliphatic rings. The Bertz CT molecular complexity index is 1060. The van der Waals surface area contributed by atoms with Gasteiger partial charge in [-0.3, -0.25) is 19.6 Å². The number of nitrogens with zero attached hydrogens (tertiary/aromatic N) is 2. The number of anilines is 1. The standard InChI is InChI=1S/C23H27FN6O2/c1-14(2)21-20(11-16(12-29-21)22-18(24)5-4-7-27-22)30-19-6-8-25-13-17(19)23(32)28-10-9-26-15(3)31/h4-8,11,13-14,29H,9-10,12H2,1-3H3,(H,25,30)(H,26,31)(H,28,32). The summed E-state index contributed by atoms with van der Waals surface area (Å²) in [6, 6.07) is 4.64. The highest BCUT2D eigenvalue weighted by atomic mass is 19.1. The van der Waals surface area contributed by atoms with Crippen LogP contribution >= 0.6 is 0 Å². The first-order valence-electron chi connectivity index (χ1n) is 10.4. The van der Waals surface area contributed by atoms with Crippen LogP contribution in [0.25, 0.3) is 5.57 Å². The molecular formula is C23H27FN6O2. The van der Waals surface area contributed by atoms with Gasteiger partial charge in [-0.05, 0) is 30.2 Å². The summed E-state index contributed by atoms with van der Waals surface area (Å²) in [5.74, 6) is -0.703. The van der Waals surface area contributed by atoms with Crippen LogP contribution in [0, 0.1) is 11.7 Å². The normalized spacial score (nSPS) is 13.3. The molecular weight excluding hydrogens is 411 g/mol. The molecule has 0 radical (unpaired) electrons. The Morgan fingerprint density at radius 1 is 1.19 bits per heavy atom. The number of allylic oxidation sites excluding steroid dienone is 2. The molecule has 3 heterocycles. The molecule has 0 spiro atoms. The summed E-state index contributed by atoms with van der Waals surface area (Å²) >= 11 is 0. The summed E-state index contributed by atoms with van der Waals surface area (Å²) in [6.07, 6.45) is 6.48. The Labute approximate surface area is 186 Å². The lowest BCUT2D eigenvalue weighted by atomic mass is 10.00. The van der Waals surface area contributed by atoms with Crippen molar-refractivity contribution >= 4 is 23.1 Å². The van der Waals surface area contributed by atoms with Crippen LogP contribution in [0.1, 0.15) is 36.8 Å². The largest absolute Gasteiger partial charge is 0.382 e. The first-order valence-corrected chi connectivity index (χ1v) is 10.4. The van der Waals surface area contributed by atoms with Crippen molar-refractivity contribution in [3.05, 3.63) is 71.3 Å². The fraction of sp³-hybridized carbons (Fsp3) is 0.304. The maximum absolute atomic E-state index is 14.3. The molecule has 32 heavy (non-hydrogen) atoms. The third kappa shape index (κ3) is 5.69. The molecule has 4 N–H and O–H groups in total. The lowest BCUT2D eigenvalue weighted by Gasteiger charge is -2.26. The Morgan fingerprint density at radius 2 is 1.97 bits per heavy atom. The van der Waals surface area contributed by atoms with E-state index < -0.39 is 5.82 Å². The van der Waals surface area contributed by atoms with Crippen LogP contribution in [-0.4, -0.2) is 41.4 Å². The highest BCUT2D eigenvalue weighted by Gasteiger charge is 2.21. The van der Waals surface area contributed by atoms with E-state index in [-0.39, 0.29) is 30.0 Å². The highest BCUT2D eigenvalue weighted by Crippen LogP contribution is 2.27. The number of dihydropyridines is 1. The minimum Gasteiger partial charge on any atom is -0.382 e. The molecule has 0 saturated carbocycles. The molecule has 8 nitrogen and oxygen atoms in total. The lowest BCUT2D eigenvalue weighted by Crippen LogP contribution is -2.34. The zero-order valence-corrected chi connectivity index (χ0v) is 18.3. The second-order valence-electron chi connectivity index (χ2n) is 7.62. The SMILES string of the molecule is CC(=O)NCCNC(=O)c1cnccc1NC1=C(C(C)C)NCC(c2ncccc2F)=C1. The summed E-state index contributed by atoms with van der Waals surface area (Å²) in [5.41, 5.74) is 3.57. The number of nitrogens with one attached hydrogen (secondary N) is 4. The van der Waals surface area contributed by atoms with Crippen molar-refractivity contribution < 1.29 is 14.0 Å². The molecule has 1 aliphatic heterocycles. The van der Waals surface area contributed by atoms with E-state index in [1.807, 2.05) is 19.9 Å². The predicted molar refractivity (Wildman–Crippen MR) is 121 cm³/mol. The number of hydrogen-bond acceptors (Lipinski definition) is 6. The molecule has 0 saturated heterocycles. The molecule has 2 aromatic heterocycles. The van der Waals surface area contributed by atoms with E-state index in [1.165, 1.54) is 19.2 Å². The van der Waals surface area contributed by atoms with Gasteiger partial charge in [0.1, 0.15) is 11.5 Å². The molecule has 2 amide bonds. The number of amides is 2. The predicted octanol–water partition coefficient (Wildman–Crippen LogP) is 2.45. The first-order chi connectivity index (χ1) is 15.4. The number of rotatable bonds is 8. The van der Waals surface area contributed by atoms with Crippen LogP contribution < -0.4 is 21.3 Å². The Balaban J connectivity index is 1.86. The number of hydrogen-bond donors (Lipinski definition) is 4. The summed E-state index contributed by atoms with van der Waals surface area (Å²) in [6.45, 7) is 6.58. The molecule has 0 fully saturated rings. The van der Waals surface area contributed by atoms with Crippen molar-refractivity contribution in [3.8, 4) is 0 Å². The molecule has 9 heteroatoms. The minimum atomic E-state index is -0.393. The third-order valence-electron chi connectivity index (χ3n) is 4.84. The number of carbonyl (C=O) groups excluding carboxylic acids is 2. The summed E-state index contributed by atoms with van der Waals surface area (Å²) in [5, 5.41) is 12.1. The van der Waals surface area contributed by atoms with Crippen molar-refractivity contribution in [1.82, 2.24) is 25.9 Å². The second-order valence-corrected chi connectivity index (χ2v) is 7.62. The van der Waals surface area contributed by atoms with E-state index in [4.69, 9.17) is 0 Å². The smallest absolute Gasteiger partial charge is 0.255 e. The van der Waals surface area contributed by atoms with Crippen LogP contribution in [0.15, 0.2) is 54.3 Å². The molecule has 0 bridgehead atoms. The van der Waals surface area contributed by atoms with E-state index in [0.717, 1.165) is 11.4 Å². The average Bonchev–Trinajstić information content (AvgIpc) is 2.77. The topological polar surface area (TPSA) is 108 Å². The van der Waals surface area contributed by atoms with Gasteiger partial charge >= 0.3 is 0 Å². The van der Waals surface area contributed by atoms with Gasteiger partial charge in [-0.15, -0.1) is 0 Å². The minimum absolute atomic E-state index is 0.159. The average molecular weight is 439 g/mol. The van der Waals surface area contributed by atoms with Gasteiger partial charge in [-0.1, -0.05) is 13.8 Å². The zero-order chi connectivity index (χ0) is 23.1. The van der Waals surface area contributed by atoms with E-state index in [1.54, 1.807) is 24.5 Å². The maximum atomic E-state index is 14.3. The number of halogens is 1. The van der Waals surface area contributed by atoms with E-state index in [2.05, 4.69) is 31.2 Å². The monoisotopic (exact) mass is 438 g/mol. The van der Waals surface area contributed by atoms with Crippen molar-refractivity contribution in [2.75, 3.05) is 25.0 Å². The first kappa shape index (κ1) is 22.9. The number of pyridine rings is 2. The van der Waals surface area contributed by atoms with E-state index in [9.17, 15) is 14.0 Å². The van der Waals surface area contributed by atoms with Crippen molar-refractivity contribution in [2.45, 2.75) is 20.8 Å². The van der Waals surface area contributed by atoms with Gasteiger partial charge in [-0.2, -0.15) is 0 Å². The van der Waals surface area contributed by atoms with Crippen molar-refractivity contribution in [2.24, 2.45) is 5.92 Å². The Kier molecular flexibility index (Phi) is 7.54. The van der Waals surface area contributed by atoms with Gasteiger partial charge in [0.25, 0.3) is 5.91 Å². The summed E-state index contributed by atoms with van der Waals surface area (Å²) < 4.78 is 14.3. The summed E-state index contributed by atoms with van der Waals surface area (Å²) in [4.78, 5) is 31.9. The highest BCUT2D eigenvalue weighted by molar-refractivity contribution is 5.99. The van der Waals surface area contributed by atoms with Crippen molar-refractivity contribution in [3.63, 3.8) is 0 Å². The Hall–Kier alpha value is -3.75. The van der Waals surface area contributed by atoms with Crippen LogP contribution in [0.5, 0.6) is 0 Å². The van der Waals surface area contributed by atoms with Crippen LogP contribution in [0.3, 0.4) is 0 Å². The molecule has 168 valence electrons. The van der Waals surface area contributed by atoms with Gasteiger partial charge < -0.3 is 21.3 Å². The van der Waals surface area contributed by atoms with E-state index >= 15 is 0 Å². The van der Waals surface area contributed by atoms with E-state index in [0.29, 0.717) is 29.9 Å². The molecule has 2 aromatic rings. The number of aromatic nitrogens is 2. The van der Waals surface area contributed by atoms with Crippen LogP contribution in [0.4, 0.5) is 10.1 Å². The fourth-order valence-corrected chi connectivity index (χ4v) is 3.32.